The maximum Gasteiger partial charge on any atom is 0.416 e. The molecule has 118 valence electrons. The number of anilines is 1. The van der Waals surface area contributed by atoms with Crippen LogP contribution in [0.3, 0.4) is 0 Å². The number of alkyl halides is 3. The Bertz CT molecular complexity index is 832. The second kappa shape index (κ2) is 5.75. The van der Waals surface area contributed by atoms with Gasteiger partial charge in [-0.05, 0) is 36.8 Å². The van der Waals surface area contributed by atoms with Crippen molar-refractivity contribution < 1.29 is 13.2 Å². The van der Waals surface area contributed by atoms with Crippen molar-refractivity contribution in [3.8, 4) is 0 Å². The van der Waals surface area contributed by atoms with Crippen LogP contribution in [0.5, 0.6) is 0 Å². The maximum atomic E-state index is 12.7. The van der Waals surface area contributed by atoms with E-state index in [-0.39, 0.29) is 0 Å². The molecule has 1 heterocycles. The van der Waals surface area contributed by atoms with Gasteiger partial charge in [0.1, 0.15) is 0 Å². The molecular formula is C16H13F3N4. The van der Waals surface area contributed by atoms with E-state index < -0.39 is 11.7 Å². The number of aromatic nitrogens is 2. The van der Waals surface area contributed by atoms with E-state index in [1.807, 2.05) is 24.3 Å². The highest BCUT2D eigenvalue weighted by molar-refractivity contribution is 5.99. The highest BCUT2D eigenvalue weighted by Crippen LogP contribution is 2.29. The first-order valence-corrected chi connectivity index (χ1v) is 6.86. The summed E-state index contributed by atoms with van der Waals surface area (Å²) in [5, 5.41) is 4.09. The quantitative estimate of drug-likeness (QED) is 0.555. The Morgan fingerprint density at radius 3 is 2.65 bits per heavy atom. The van der Waals surface area contributed by atoms with Crippen molar-refractivity contribution in [2.75, 3.05) is 5.43 Å². The summed E-state index contributed by atoms with van der Waals surface area (Å²) < 4.78 is 38.2. The van der Waals surface area contributed by atoms with Crippen LogP contribution in [-0.2, 0) is 6.18 Å². The van der Waals surface area contributed by atoms with E-state index in [1.54, 1.807) is 13.0 Å². The Kier molecular flexibility index (Phi) is 3.77. The number of H-pyrrole nitrogens is 1. The van der Waals surface area contributed by atoms with Crippen LogP contribution in [0.4, 0.5) is 19.1 Å². The Hall–Kier alpha value is -2.83. The monoisotopic (exact) mass is 318 g/mol. The second-order valence-corrected chi connectivity index (χ2v) is 4.99. The van der Waals surface area contributed by atoms with E-state index in [2.05, 4.69) is 20.5 Å². The van der Waals surface area contributed by atoms with Crippen LogP contribution < -0.4 is 5.43 Å². The number of halogens is 3. The highest BCUT2D eigenvalue weighted by atomic mass is 19.4. The van der Waals surface area contributed by atoms with Gasteiger partial charge < -0.3 is 4.98 Å². The molecule has 0 aliphatic rings. The molecular weight excluding hydrogens is 305 g/mol. The van der Waals surface area contributed by atoms with Crippen molar-refractivity contribution >= 4 is 22.7 Å². The summed E-state index contributed by atoms with van der Waals surface area (Å²) in [6.45, 7) is 1.63. The number of rotatable bonds is 3. The van der Waals surface area contributed by atoms with Crippen molar-refractivity contribution in [2.24, 2.45) is 5.10 Å². The summed E-state index contributed by atoms with van der Waals surface area (Å²) >= 11 is 0. The molecule has 2 aromatic carbocycles. The molecule has 4 nitrogen and oxygen atoms in total. The number of nitrogens with zero attached hydrogens (tertiary/aromatic N) is 2. The number of aromatic amines is 1. The van der Waals surface area contributed by atoms with Crippen molar-refractivity contribution in [1.29, 1.82) is 0 Å². The molecule has 1 aromatic heterocycles. The van der Waals surface area contributed by atoms with Gasteiger partial charge in [0.2, 0.25) is 5.95 Å². The Balaban J connectivity index is 1.82. The normalized spacial score (nSPS) is 12.6. The zero-order valence-electron chi connectivity index (χ0n) is 12.1. The molecule has 3 rings (SSSR count). The number of imidazole rings is 1. The van der Waals surface area contributed by atoms with Crippen molar-refractivity contribution in [1.82, 2.24) is 9.97 Å². The van der Waals surface area contributed by atoms with Crippen LogP contribution in [0.1, 0.15) is 18.1 Å². The third-order valence-corrected chi connectivity index (χ3v) is 3.33. The van der Waals surface area contributed by atoms with Crippen LogP contribution in [0.25, 0.3) is 11.0 Å². The van der Waals surface area contributed by atoms with Gasteiger partial charge in [-0.1, -0.05) is 24.3 Å². The molecule has 0 fully saturated rings. The van der Waals surface area contributed by atoms with Gasteiger partial charge in [0.15, 0.2) is 0 Å². The molecule has 0 atom stereocenters. The van der Waals surface area contributed by atoms with Crippen LogP contribution in [0.15, 0.2) is 53.6 Å². The molecule has 0 saturated heterocycles. The highest BCUT2D eigenvalue weighted by Gasteiger charge is 2.30. The molecule has 23 heavy (non-hydrogen) atoms. The fraction of sp³-hybridized carbons (Fsp3) is 0.125. The first-order chi connectivity index (χ1) is 10.9. The lowest BCUT2D eigenvalue weighted by molar-refractivity contribution is -0.137. The summed E-state index contributed by atoms with van der Waals surface area (Å²) in [5.41, 5.74) is 4.48. The van der Waals surface area contributed by atoms with Crippen molar-refractivity contribution in [3.05, 3.63) is 59.7 Å². The molecule has 0 saturated carbocycles. The summed E-state index contributed by atoms with van der Waals surface area (Å²) in [6.07, 6.45) is -4.37. The number of hydrogen-bond acceptors (Lipinski definition) is 3. The minimum atomic E-state index is -4.37. The van der Waals surface area contributed by atoms with E-state index in [9.17, 15) is 13.2 Å². The Morgan fingerprint density at radius 1 is 1.13 bits per heavy atom. The average Bonchev–Trinajstić information content (AvgIpc) is 2.95. The zero-order valence-corrected chi connectivity index (χ0v) is 12.1. The van der Waals surface area contributed by atoms with Gasteiger partial charge in [-0.2, -0.15) is 18.3 Å². The number of benzene rings is 2. The molecule has 0 radical (unpaired) electrons. The molecule has 0 aliphatic heterocycles. The summed E-state index contributed by atoms with van der Waals surface area (Å²) in [5.74, 6) is 0.428. The largest absolute Gasteiger partial charge is 0.416 e. The molecule has 0 amide bonds. The molecule has 2 N–H and O–H groups in total. The number of nitrogens with one attached hydrogen (secondary N) is 2. The average molecular weight is 318 g/mol. The fourth-order valence-corrected chi connectivity index (χ4v) is 2.13. The van der Waals surface area contributed by atoms with Crippen LogP contribution in [0.2, 0.25) is 0 Å². The molecule has 0 spiro atoms. The minimum Gasteiger partial charge on any atom is -0.323 e. The zero-order chi connectivity index (χ0) is 16.4. The lowest BCUT2D eigenvalue weighted by Crippen LogP contribution is -2.07. The Morgan fingerprint density at radius 2 is 1.91 bits per heavy atom. The van der Waals surface area contributed by atoms with E-state index in [4.69, 9.17) is 0 Å². The third-order valence-electron chi connectivity index (χ3n) is 3.33. The Labute approximate surface area is 130 Å². The topological polar surface area (TPSA) is 53.1 Å². The van der Waals surface area contributed by atoms with Gasteiger partial charge in [-0.3, -0.25) is 0 Å². The standard InChI is InChI=1S/C16H13F3N4/c1-10(11-5-4-6-12(9-11)16(17,18)19)22-23-15-20-13-7-2-3-8-14(13)21-15/h2-9H,1H3,(H2,20,21,23). The smallest absolute Gasteiger partial charge is 0.323 e. The van der Waals surface area contributed by atoms with Crippen LogP contribution in [0, 0.1) is 0 Å². The number of para-hydroxylation sites is 2. The van der Waals surface area contributed by atoms with E-state index in [1.165, 1.54) is 6.07 Å². The minimum absolute atomic E-state index is 0.392. The van der Waals surface area contributed by atoms with Crippen molar-refractivity contribution in [2.45, 2.75) is 13.1 Å². The third kappa shape index (κ3) is 3.33. The number of hydrogen-bond donors (Lipinski definition) is 2. The van der Waals surface area contributed by atoms with E-state index >= 15 is 0 Å². The summed E-state index contributed by atoms with van der Waals surface area (Å²) in [6, 6.07) is 12.5. The summed E-state index contributed by atoms with van der Waals surface area (Å²) in [4.78, 5) is 7.31. The van der Waals surface area contributed by atoms with Gasteiger partial charge in [-0.15, -0.1) is 0 Å². The van der Waals surface area contributed by atoms with Gasteiger partial charge in [-0.25, -0.2) is 10.4 Å². The van der Waals surface area contributed by atoms with Gasteiger partial charge in [0.05, 0.1) is 22.3 Å². The lowest BCUT2D eigenvalue weighted by atomic mass is 10.1. The summed E-state index contributed by atoms with van der Waals surface area (Å²) in [7, 11) is 0. The first kappa shape index (κ1) is 15.1. The van der Waals surface area contributed by atoms with Crippen LogP contribution in [-0.4, -0.2) is 15.7 Å². The first-order valence-electron chi connectivity index (χ1n) is 6.86. The molecule has 0 bridgehead atoms. The van der Waals surface area contributed by atoms with E-state index in [0.717, 1.165) is 23.2 Å². The predicted octanol–water partition coefficient (Wildman–Crippen LogP) is 4.42. The second-order valence-electron chi connectivity index (χ2n) is 4.99. The predicted molar refractivity (Wildman–Crippen MR) is 83.4 cm³/mol. The van der Waals surface area contributed by atoms with Gasteiger partial charge in [0, 0.05) is 0 Å². The van der Waals surface area contributed by atoms with Crippen LogP contribution >= 0.6 is 0 Å². The van der Waals surface area contributed by atoms with Gasteiger partial charge >= 0.3 is 6.18 Å². The molecule has 0 unspecified atom stereocenters. The van der Waals surface area contributed by atoms with Gasteiger partial charge in [0.25, 0.3) is 0 Å². The van der Waals surface area contributed by atoms with E-state index in [0.29, 0.717) is 17.2 Å². The lowest BCUT2D eigenvalue weighted by Gasteiger charge is -2.08. The maximum absolute atomic E-state index is 12.7. The SMILES string of the molecule is CC(=NNc1nc2ccccc2[nH]1)c1cccc(C(F)(F)F)c1. The van der Waals surface area contributed by atoms with Crippen molar-refractivity contribution in [3.63, 3.8) is 0 Å². The number of fused-ring (bicyclic) bond motifs is 1. The fourth-order valence-electron chi connectivity index (χ4n) is 2.13. The number of hydrazone groups is 1. The molecule has 0 aliphatic carbocycles. The molecule has 7 heteroatoms. The molecule has 3 aromatic rings.